The maximum absolute atomic E-state index is 12.0. The Hall–Kier alpha value is -1.12. The van der Waals surface area contributed by atoms with Gasteiger partial charge in [0.2, 0.25) is 0 Å². The van der Waals surface area contributed by atoms with Crippen LogP contribution in [0.25, 0.3) is 0 Å². The smallest absolute Gasteiger partial charge is 0.303 e. The number of carboxylic acid groups (broad SMARTS) is 1. The van der Waals surface area contributed by atoms with E-state index in [-0.39, 0.29) is 12.2 Å². The van der Waals surface area contributed by atoms with Gasteiger partial charge in [-0.25, -0.2) is 0 Å². The standard InChI is InChI=1S/C13H20O3/c1-10(2)9-13(8-6-12(15)16)7-4-3-5-11(13)14/h1,3-9H2,2H3,(H,15,16). The fourth-order valence-electron chi connectivity index (χ4n) is 2.62. The molecule has 0 aliphatic heterocycles. The predicted molar refractivity (Wildman–Crippen MR) is 62.2 cm³/mol. The number of allylic oxidation sites excluding steroid dienone is 1. The minimum Gasteiger partial charge on any atom is -0.481 e. The molecule has 3 nitrogen and oxygen atoms in total. The lowest BCUT2D eigenvalue weighted by molar-refractivity contribution is -0.139. The quantitative estimate of drug-likeness (QED) is 0.730. The SMILES string of the molecule is C=C(C)CC1(CCC(=O)O)CCCCC1=O. The number of aliphatic carboxylic acids is 1. The van der Waals surface area contributed by atoms with E-state index in [1.54, 1.807) is 0 Å². The van der Waals surface area contributed by atoms with Gasteiger partial charge in [-0.3, -0.25) is 9.59 Å². The van der Waals surface area contributed by atoms with Gasteiger partial charge in [-0.1, -0.05) is 12.0 Å². The molecule has 0 aromatic carbocycles. The molecule has 1 fully saturated rings. The third-order valence-corrected chi connectivity index (χ3v) is 3.36. The molecule has 1 N–H and O–H groups in total. The molecular weight excluding hydrogens is 204 g/mol. The van der Waals surface area contributed by atoms with Crippen molar-refractivity contribution in [1.82, 2.24) is 0 Å². The van der Waals surface area contributed by atoms with Gasteiger partial charge in [0.15, 0.2) is 0 Å². The van der Waals surface area contributed by atoms with Crippen LogP contribution in [-0.2, 0) is 9.59 Å². The Labute approximate surface area is 96.5 Å². The van der Waals surface area contributed by atoms with Crippen LogP contribution in [0.3, 0.4) is 0 Å². The molecule has 0 saturated heterocycles. The normalized spacial score (nSPS) is 25.4. The van der Waals surface area contributed by atoms with Gasteiger partial charge in [-0.2, -0.15) is 0 Å². The number of hydrogen-bond acceptors (Lipinski definition) is 2. The van der Waals surface area contributed by atoms with Gasteiger partial charge in [0.25, 0.3) is 0 Å². The van der Waals surface area contributed by atoms with Crippen LogP contribution in [0.1, 0.15) is 51.9 Å². The maximum Gasteiger partial charge on any atom is 0.303 e. The molecule has 1 aliphatic rings. The van der Waals surface area contributed by atoms with E-state index in [0.29, 0.717) is 19.3 Å². The van der Waals surface area contributed by atoms with Gasteiger partial charge in [-0.15, -0.1) is 6.58 Å². The first-order valence-corrected chi connectivity index (χ1v) is 5.86. The van der Waals surface area contributed by atoms with Crippen LogP contribution >= 0.6 is 0 Å². The largest absolute Gasteiger partial charge is 0.481 e. The highest BCUT2D eigenvalue weighted by Gasteiger charge is 2.39. The van der Waals surface area contributed by atoms with Crippen molar-refractivity contribution in [2.75, 3.05) is 0 Å². The van der Waals surface area contributed by atoms with E-state index in [4.69, 9.17) is 5.11 Å². The van der Waals surface area contributed by atoms with Crippen molar-refractivity contribution in [3.8, 4) is 0 Å². The number of carboxylic acids is 1. The Kier molecular flexibility index (Phi) is 4.27. The maximum atomic E-state index is 12.0. The summed E-state index contributed by atoms with van der Waals surface area (Å²) in [7, 11) is 0. The second-order valence-corrected chi connectivity index (χ2v) is 4.94. The summed E-state index contributed by atoms with van der Waals surface area (Å²) in [5.74, 6) is -0.581. The number of Topliss-reactive ketones (excluding diaryl/α,β-unsaturated/α-hetero) is 1. The molecule has 3 heteroatoms. The molecule has 0 aromatic rings. The van der Waals surface area contributed by atoms with E-state index >= 15 is 0 Å². The summed E-state index contributed by atoms with van der Waals surface area (Å²) in [6, 6.07) is 0. The van der Waals surface area contributed by atoms with Gasteiger partial charge in [0.05, 0.1) is 0 Å². The molecule has 1 rings (SSSR count). The first-order valence-electron chi connectivity index (χ1n) is 5.86. The minimum absolute atomic E-state index is 0.0824. The number of hydrogen-bond donors (Lipinski definition) is 1. The lowest BCUT2D eigenvalue weighted by Crippen LogP contribution is -2.35. The van der Waals surface area contributed by atoms with Crippen molar-refractivity contribution in [1.29, 1.82) is 0 Å². The topological polar surface area (TPSA) is 54.4 Å². The summed E-state index contributed by atoms with van der Waals surface area (Å²) in [6.07, 6.45) is 4.60. The zero-order valence-corrected chi connectivity index (χ0v) is 9.92. The first-order chi connectivity index (χ1) is 7.46. The van der Waals surface area contributed by atoms with Crippen molar-refractivity contribution in [3.63, 3.8) is 0 Å². The summed E-state index contributed by atoms with van der Waals surface area (Å²) >= 11 is 0. The molecule has 0 bridgehead atoms. The van der Waals surface area contributed by atoms with Gasteiger partial charge >= 0.3 is 5.97 Å². The number of rotatable bonds is 5. The van der Waals surface area contributed by atoms with E-state index in [9.17, 15) is 9.59 Å². The van der Waals surface area contributed by atoms with Crippen molar-refractivity contribution in [2.45, 2.75) is 51.9 Å². The van der Waals surface area contributed by atoms with Crippen molar-refractivity contribution in [2.24, 2.45) is 5.41 Å². The van der Waals surface area contributed by atoms with Crippen LogP contribution in [-0.4, -0.2) is 16.9 Å². The number of carbonyl (C=O) groups is 2. The molecule has 0 spiro atoms. The Morgan fingerprint density at radius 1 is 1.50 bits per heavy atom. The summed E-state index contributed by atoms with van der Waals surface area (Å²) < 4.78 is 0. The van der Waals surface area contributed by atoms with Gasteiger partial charge in [0.1, 0.15) is 5.78 Å². The average molecular weight is 224 g/mol. The Bertz CT molecular complexity index is 306. The van der Waals surface area contributed by atoms with E-state index in [1.165, 1.54) is 0 Å². The number of ketones is 1. The molecule has 0 heterocycles. The summed E-state index contributed by atoms with van der Waals surface area (Å²) in [5, 5.41) is 8.75. The third kappa shape index (κ3) is 3.19. The zero-order valence-electron chi connectivity index (χ0n) is 9.92. The van der Waals surface area contributed by atoms with E-state index in [2.05, 4.69) is 6.58 Å². The molecule has 1 aliphatic carbocycles. The van der Waals surface area contributed by atoms with E-state index < -0.39 is 11.4 Å². The van der Waals surface area contributed by atoms with Gasteiger partial charge in [0, 0.05) is 18.3 Å². The first kappa shape index (κ1) is 12.9. The number of carbonyl (C=O) groups excluding carboxylic acids is 1. The molecule has 1 saturated carbocycles. The predicted octanol–water partition coefficient (Wildman–Crippen LogP) is 2.95. The van der Waals surface area contributed by atoms with Crippen LogP contribution in [0.15, 0.2) is 12.2 Å². The van der Waals surface area contributed by atoms with Crippen LogP contribution in [0.2, 0.25) is 0 Å². The van der Waals surface area contributed by atoms with Crippen molar-refractivity contribution in [3.05, 3.63) is 12.2 Å². The lowest BCUT2D eigenvalue weighted by Gasteiger charge is -2.35. The Morgan fingerprint density at radius 2 is 2.19 bits per heavy atom. The monoisotopic (exact) mass is 224 g/mol. The van der Waals surface area contributed by atoms with Crippen molar-refractivity contribution >= 4 is 11.8 Å². The third-order valence-electron chi connectivity index (χ3n) is 3.36. The molecule has 0 aromatic heterocycles. The van der Waals surface area contributed by atoms with Crippen LogP contribution in [0.4, 0.5) is 0 Å². The molecule has 1 unspecified atom stereocenters. The minimum atomic E-state index is -0.820. The van der Waals surface area contributed by atoms with Crippen molar-refractivity contribution < 1.29 is 14.7 Å². The van der Waals surface area contributed by atoms with Crippen LogP contribution < -0.4 is 0 Å². The highest BCUT2D eigenvalue weighted by atomic mass is 16.4. The van der Waals surface area contributed by atoms with Gasteiger partial charge < -0.3 is 5.11 Å². The molecule has 0 amide bonds. The fraction of sp³-hybridized carbons (Fsp3) is 0.692. The molecule has 90 valence electrons. The zero-order chi connectivity index (χ0) is 12.2. The molecular formula is C13H20O3. The van der Waals surface area contributed by atoms with Crippen LogP contribution in [0, 0.1) is 5.41 Å². The molecule has 0 radical (unpaired) electrons. The summed E-state index contributed by atoms with van der Waals surface area (Å²) in [6.45, 7) is 5.76. The fourth-order valence-corrected chi connectivity index (χ4v) is 2.62. The summed E-state index contributed by atoms with van der Waals surface area (Å²) in [5.41, 5.74) is 0.545. The highest BCUT2D eigenvalue weighted by Crippen LogP contribution is 2.42. The average Bonchev–Trinajstić information content (AvgIpc) is 2.18. The molecule has 1 atom stereocenters. The second-order valence-electron chi connectivity index (χ2n) is 4.94. The van der Waals surface area contributed by atoms with E-state index in [1.807, 2.05) is 6.92 Å². The van der Waals surface area contributed by atoms with Crippen LogP contribution in [0.5, 0.6) is 0 Å². The molecule has 16 heavy (non-hydrogen) atoms. The van der Waals surface area contributed by atoms with E-state index in [0.717, 1.165) is 24.8 Å². The second kappa shape index (κ2) is 5.28. The lowest BCUT2D eigenvalue weighted by atomic mass is 9.67. The highest BCUT2D eigenvalue weighted by molar-refractivity contribution is 5.86. The van der Waals surface area contributed by atoms with Gasteiger partial charge in [-0.05, 0) is 32.6 Å². The Morgan fingerprint density at radius 3 is 2.69 bits per heavy atom. The Balaban J connectivity index is 2.77. The summed E-state index contributed by atoms with van der Waals surface area (Å²) in [4.78, 5) is 22.7.